The first-order valence-electron chi connectivity index (χ1n) is 7.18. The molecule has 1 rings (SSSR count). The zero-order valence-corrected chi connectivity index (χ0v) is 14.1. The van der Waals surface area contributed by atoms with Crippen molar-refractivity contribution in [3.8, 4) is 0 Å². The van der Waals surface area contributed by atoms with E-state index in [9.17, 15) is 4.79 Å². The molecule has 0 aliphatic rings. The van der Waals surface area contributed by atoms with Crippen molar-refractivity contribution in [1.82, 2.24) is 9.80 Å². The fourth-order valence-electron chi connectivity index (χ4n) is 2.55. The quantitative estimate of drug-likeness (QED) is 0.781. The summed E-state index contributed by atoms with van der Waals surface area (Å²) in [4.78, 5) is 17.0. The van der Waals surface area contributed by atoms with Crippen LogP contribution in [0, 0.1) is 0 Å². The summed E-state index contributed by atoms with van der Waals surface area (Å²) >= 11 is 5.14. The molecule has 4 nitrogen and oxygen atoms in total. The molecule has 5 heteroatoms. The van der Waals surface area contributed by atoms with E-state index in [0.29, 0.717) is 6.54 Å². The SMILES string of the molecule is CCN(C(=O)C(C(N)=S)c1ccccc1)C(C)CN(C)C. The predicted molar refractivity (Wildman–Crippen MR) is 91.4 cm³/mol. The van der Waals surface area contributed by atoms with Crippen LogP contribution in [0.5, 0.6) is 0 Å². The summed E-state index contributed by atoms with van der Waals surface area (Å²) in [5.74, 6) is -0.573. The van der Waals surface area contributed by atoms with Crippen LogP contribution in [0.1, 0.15) is 25.3 Å². The van der Waals surface area contributed by atoms with Crippen molar-refractivity contribution >= 4 is 23.1 Å². The Hall–Kier alpha value is -1.46. The van der Waals surface area contributed by atoms with Gasteiger partial charge in [-0.1, -0.05) is 42.5 Å². The highest BCUT2D eigenvalue weighted by Gasteiger charge is 2.30. The number of rotatable bonds is 7. The minimum absolute atomic E-state index is 0.0226. The van der Waals surface area contributed by atoms with Crippen LogP contribution in [0.3, 0.4) is 0 Å². The van der Waals surface area contributed by atoms with Gasteiger partial charge < -0.3 is 15.5 Å². The predicted octanol–water partition coefficient (Wildman–Crippen LogP) is 1.85. The van der Waals surface area contributed by atoms with Crippen molar-refractivity contribution in [2.45, 2.75) is 25.8 Å². The van der Waals surface area contributed by atoms with Gasteiger partial charge in [0.25, 0.3) is 0 Å². The maximum Gasteiger partial charge on any atom is 0.237 e. The topological polar surface area (TPSA) is 49.6 Å². The molecule has 0 aliphatic heterocycles. The first-order chi connectivity index (χ1) is 9.88. The molecule has 0 saturated carbocycles. The van der Waals surface area contributed by atoms with Gasteiger partial charge in [0, 0.05) is 19.1 Å². The van der Waals surface area contributed by atoms with E-state index < -0.39 is 5.92 Å². The van der Waals surface area contributed by atoms with Crippen LogP contribution in [-0.4, -0.2) is 53.9 Å². The van der Waals surface area contributed by atoms with E-state index in [1.165, 1.54) is 0 Å². The first-order valence-corrected chi connectivity index (χ1v) is 7.58. The fraction of sp³-hybridized carbons (Fsp3) is 0.500. The van der Waals surface area contributed by atoms with Crippen molar-refractivity contribution < 1.29 is 4.79 Å². The number of carbonyl (C=O) groups excluding carboxylic acids is 1. The molecule has 0 aliphatic carbocycles. The summed E-state index contributed by atoms with van der Waals surface area (Å²) in [7, 11) is 3.99. The molecule has 0 saturated heterocycles. The standard InChI is InChI=1S/C16H25N3OS/c1-5-19(12(2)11-18(3)4)16(20)14(15(17)21)13-9-7-6-8-10-13/h6-10,12,14H,5,11H2,1-4H3,(H2,17,21). The zero-order chi connectivity index (χ0) is 16.0. The average molecular weight is 307 g/mol. The smallest absolute Gasteiger partial charge is 0.237 e. The minimum atomic E-state index is -0.550. The minimum Gasteiger partial charge on any atom is -0.392 e. The molecular weight excluding hydrogens is 282 g/mol. The van der Waals surface area contributed by atoms with Crippen molar-refractivity contribution in [1.29, 1.82) is 0 Å². The number of amides is 1. The van der Waals surface area contributed by atoms with E-state index in [4.69, 9.17) is 18.0 Å². The average Bonchev–Trinajstić information content (AvgIpc) is 2.39. The third-order valence-corrected chi connectivity index (χ3v) is 3.69. The van der Waals surface area contributed by atoms with Crippen LogP contribution >= 0.6 is 12.2 Å². The van der Waals surface area contributed by atoms with Gasteiger partial charge >= 0.3 is 0 Å². The van der Waals surface area contributed by atoms with Crippen molar-refractivity contribution in [2.75, 3.05) is 27.2 Å². The zero-order valence-electron chi connectivity index (χ0n) is 13.2. The first kappa shape index (κ1) is 17.6. The second kappa shape index (κ2) is 8.10. The Morgan fingerprint density at radius 1 is 1.29 bits per heavy atom. The lowest BCUT2D eigenvalue weighted by atomic mass is 9.97. The lowest BCUT2D eigenvalue weighted by Gasteiger charge is -2.33. The normalized spacial score (nSPS) is 13.8. The van der Waals surface area contributed by atoms with Crippen molar-refractivity contribution in [2.24, 2.45) is 5.73 Å². The summed E-state index contributed by atoms with van der Waals surface area (Å²) in [6, 6.07) is 9.61. The summed E-state index contributed by atoms with van der Waals surface area (Å²) in [6.45, 7) is 5.47. The van der Waals surface area contributed by atoms with Gasteiger partial charge in [-0.3, -0.25) is 4.79 Å². The lowest BCUT2D eigenvalue weighted by Crippen LogP contribution is -2.47. The van der Waals surface area contributed by atoms with Gasteiger partial charge in [-0.15, -0.1) is 0 Å². The molecule has 0 aromatic heterocycles. The highest BCUT2D eigenvalue weighted by atomic mass is 32.1. The maximum atomic E-state index is 12.9. The van der Waals surface area contributed by atoms with Crippen molar-refractivity contribution in [3.05, 3.63) is 35.9 Å². The molecule has 0 heterocycles. The molecule has 2 unspecified atom stereocenters. The molecular formula is C16H25N3OS. The number of thiocarbonyl (C=S) groups is 1. The third-order valence-electron chi connectivity index (χ3n) is 3.45. The molecule has 2 atom stereocenters. The van der Waals surface area contributed by atoms with Crippen LogP contribution in [-0.2, 0) is 4.79 Å². The Morgan fingerprint density at radius 2 is 1.86 bits per heavy atom. The van der Waals surface area contributed by atoms with E-state index in [2.05, 4.69) is 4.90 Å². The molecule has 1 amide bonds. The summed E-state index contributed by atoms with van der Waals surface area (Å²) in [5, 5.41) is 0. The van der Waals surface area contributed by atoms with Gasteiger partial charge in [-0.05, 0) is 33.5 Å². The van der Waals surface area contributed by atoms with Crippen LogP contribution < -0.4 is 5.73 Å². The Bertz CT molecular complexity index is 476. The van der Waals surface area contributed by atoms with E-state index in [0.717, 1.165) is 12.1 Å². The van der Waals surface area contributed by atoms with Crippen LogP contribution in [0.15, 0.2) is 30.3 Å². The van der Waals surface area contributed by atoms with E-state index >= 15 is 0 Å². The summed E-state index contributed by atoms with van der Waals surface area (Å²) < 4.78 is 0. The van der Waals surface area contributed by atoms with Gasteiger partial charge in [0.2, 0.25) is 5.91 Å². The Balaban J connectivity index is 3.02. The highest BCUT2D eigenvalue weighted by molar-refractivity contribution is 7.80. The molecule has 21 heavy (non-hydrogen) atoms. The molecule has 0 fully saturated rings. The molecule has 1 aromatic rings. The van der Waals surface area contributed by atoms with Crippen LogP contribution in [0.2, 0.25) is 0 Å². The second-order valence-electron chi connectivity index (χ2n) is 5.48. The monoisotopic (exact) mass is 307 g/mol. The molecule has 0 bridgehead atoms. The second-order valence-corrected chi connectivity index (χ2v) is 5.95. The number of hydrogen-bond acceptors (Lipinski definition) is 3. The number of nitrogens with two attached hydrogens (primary N) is 1. The van der Waals surface area contributed by atoms with Crippen LogP contribution in [0.25, 0.3) is 0 Å². The van der Waals surface area contributed by atoms with Gasteiger partial charge in [0.05, 0.1) is 4.99 Å². The third kappa shape index (κ3) is 4.79. The van der Waals surface area contributed by atoms with E-state index in [-0.39, 0.29) is 16.9 Å². The number of nitrogens with zero attached hydrogens (tertiary/aromatic N) is 2. The lowest BCUT2D eigenvalue weighted by molar-refractivity contribution is -0.133. The van der Waals surface area contributed by atoms with Gasteiger partial charge in [0.15, 0.2) is 0 Å². The molecule has 0 radical (unpaired) electrons. The molecule has 2 N–H and O–H groups in total. The summed E-state index contributed by atoms with van der Waals surface area (Å²) in [6.07, 6.45) is 0. The Kier molecular flexibility index (Phi) is 6.78. The van der Waals surface area contributed by atoms with Crippen molar-refractivity contribution in [3.63, 3.8) is 0 Å². The number of likely N-dealkylation sites (N-methyl/N-ethyl adjacent to an activating group) is 2. The fourth-order valence-corrected chi connectivity index (χ4v) is 2.79. The van der Waals surface area contributed by atoms with Gasteiger partial charge in [-0.25, -0.2) is 0 Å². The summed E-state index contributed by atoms with van der Waals surface area (Å²) in [5.41, 5.74) is 6.69. The molecule has 1 aromatic carbocycles. The van der Waals surface area contributed by atoms with E-state index in [1.807, 2.05) is 63.2 Å². The van der Waals surface area contributed by atoms with Crippen LogP contribution in [0.4, 0.5) is 0 Å². The Labute approximate surface area is 132 Å². The highest BCUT2D eigenvalue weighted by Crippen LogP contribution is 2.20. The molecule has 116 valence electrons. The maximum absolute atomic E-state index is 12.9. The largest absolute Gasteiger partial charge is 0.392 e. The number of carbonyl (C=O) groups is 1. The Morgan fingerprint density at radius 3 is 2.29 bits per heavy atom. The van der Waals surface area contributed by atoms with E-state index in [1.54, 1.807) is 0 Å². The van der Waals surface area contributed by atoms with Gasteiger partial charge in [-0.2, -0.15) is 0 Å². The van der Waals surface area contributed by atoms with Gasteiger partial charge in [0.1, 0.15) is 5.92 Å². The number of benzene rings is 1. The number of hydrogen-bond donors (Lipinski definition) is 1. The molecule has 0 spiro atoms.